The highest BCUT2D eigenvalue weighted by Crippen LogP contribution is 2.37. The highest BCUT2D eigenvalue weighted by molar-refractivity contribution is 7.19. The van der Waals surface area contributed by atoms with Gasteiger partial charge in [0.05, 0.1) is 4.34 Å². The molecule has 0 radical (unpaired) electrons. The highest BCUT2D eigenvalue weighted by Gasteiger charge is 2.18. The van der Waals surface area contributed by atoms with Crippen molar-refractivity contribution in [3.05, 3.63) is 40.2 Å². The van der Waals surface area contributed by atoms with Crippen molar-refractivity contribution in [2.24, 2.45) is 0 Å². The van der Waals surface area contributed by atoms with Crippen molar-refractivity contribution in [2.75, 3.05) is 0 Å². The Morgan fingerprint density at radius 1 is 1.12 bits per heavy atom. The number of phenols is 1. The van der Waals surface area contributed by atoms with Crippen LogP contribution in [0.15, 0.2) is 30.3 Å². The van der Waals surface area contributed by atoms with E-state index in [1.807, 2.05) is 24.3 Å². The summed E-state index contributed by atoms with van der Waals surface area (Å²) in [6, 6.07) is 9.62. The molecule has 0 aliphatic heterocycles. The van der Waals surface area contributed by atoms with Crippen LogP contribution < -0.4 is 0 Å². The van der Waals surface area contributed by atoms with Gasteiger partial charge in [0.15, 0.2) is 0 Å². The van der Waals surface area contributed by atoms with Crippen LogP contribution in [0.4, 0.5) is 0 Å². The van der Waals surface area contributed by atoms with E-state index in [2.05, 4.69) is 20.8 Å². The lowest BCUT2D eigenvalue weighted by molar-refractivity contribution is 0.447. The van der Waals surface area contributed by atoms with Gasteiger partial charge in [0, 0.05) is 4.88 Å². The quantitative estimate of drug-likeness (QED) is 0.764. The van der Waals surface area contributed by atoms with Crippen LogP contribution in [-0.2, 0) is 5.41 Å². The third-order valence-electron chi connectivity index (χ3n) is 2.66. The Balaban J connectivity index is 2.51. The van der Waals surface area contributed by atoms with E-state index < -0.39 is 0 Å². The molecule has 1 nitrogen and oxygen atoms in total. The molecular weight excluding hydrogens is 252 g/mol. The summed E-state index contributed by atoms with van der Waals surface area (Å²) in [6.45, 7) is 6.27. The van der Waals surface area contributed by atoms with E-state index in [1.165, 1.54) is 0 Å². The minimum absolute atomic E-state index is 0.0683. The predicted molar refractivity (Wildman–Crippen MR) is 75.1 cm³/mol. The minimum atomic E-state index is -0.0683. The fourth-order valence-corrected chi connectivity index (χ4v) is 2.80. The summed E-state index contributed by atoms with van der Waals surface area (Å²) in [5, 5.41) is 9.90. The molecule has 1 aromatic carbocycles. The Labute approximate surface area is 111 Å². The summed E-state index contributed by atoms with van der Waals surface area (Å²) < 4.78 is 0.783. The lowest BCUT2D eigenvalue weighted by Gasteiger charge is -2.21. The molecule has 90 valence electrons. The van der Waals surface area contributed by atoms with E-state index in [0.717, 1.165) is 20.3 Å². The van der Waals surface area contributed by atoms with Gasteiger partial charge in [0.2, 0.25) is 0 Å². The van der Waals surface area contributed by atoms with Gasteiger partial charge in [-0.1, -0.05) is 32.4 Å². The van der Waals surface area contributed by atoms with Gasteiger partial charge in [-0.25, -0.2) is 0 Å². The molecule has 0 unspecified atom stereocenters. The van der Waals surface area contributed by atoms with Crippen LogP contribution >= 0.6 is 22.9 Å². The number of hydrogen-bond acceptors (Lipinski definition) is 2. The standard InChI is InChI=1S/C14H15ClOS/c1-14(2,3)10-8-9(4-5-11(10)16)12-6-7-13(15)17-12/h4-8,16H,1-3H3. The van der Waals surface area contributed by atoms with Crippen molar-refractivity contribution >= 4 is 22.9 Å². The molecule has 3 heteroatoms. The Morgan fingerprint density at radius 3 is 2.35 bits per heavy atom. The van der Waals surface area contributed by atoms with Crippen molar-refractivity contribution in [2.45, 2.75) is 26.2 Å². The molecule has 0 saturated carbocycles. The minimum Gasteiger partial charge on any atom is -0.508 e. The summed E-state index contributed by atoms with van der Waals surface area (Å²) in [7, 11) is 0. The molecule has 1 aromatic heterocycles. The first-order chi connectivity index (χ1) is 7.88. The monoisotopic (exact) mass is 266 g/mol. The molecule has 2 rings (SSSR count). The second-order valence-corrected chi connectivity index (χ2v) is 6.80. The molecule has 0 aliphatic rings. The highest BCUT2D eigenvalue weighted by atomic mass is 35.5. The zero-order valence-corrected chi connectivity index (χ0v) is 11.7. The van der Waals surface area contributed by atoms with Crippen LogP contribution in [0, 0.1) is 0 Å². The molecule has 0 atom stereocenters. The summed E-state index contributed by atoms with van der Waals surface area (Å²) >= 11 is 7.49. The molecule has 17 heavy (non-hydrogen) atoms. The molecule has 0 saturated heterocycles. The molecule has 0 spiro atoms. The van der Waals surface area contributed by atoms with Crippen LogP contribution in [0.3, 0.4) is 0 Å². The smallest absolute Gasteiger partial charge is 0.119 e. The van der Waals surface area contributed by atoms with E-state index in [1.54, 1.807) is 17.4 Å². The Hall–Kier alpha value is -0.990. The van der Waals surface area contributed by atoms with Crippen LogP contribution in [0.5, 0.6) is 5.75 Å². The van der Waals surface area contributed by atoms with Gasteiger partial charge in [-0.2, -0.15) is 0 Å². The average Bonchev–Trinajstić information content (AvgIpc) is 2.64. The van der Waals surface area contributed by atoms with E-state index in [-0.39, 0.29) is 5.41 Å². The van der Waals surface area contributed by atoms with Gasteiger partial charge in [0.25, 0.3) is 0 Å². The summed E-state index contributed by atoms with van der Waals surface area (Å²) in [5.41, 5.74) is 1.99. The SMILES string of the molecule is CC(C)(C)c1cc(-c2ccc(Cl)s2)ccc1O. The van der Waals surface area contributed by atoms with Crippen LogP contribution in [0.2, 0.25) is 4.34 Å². The third kappa shape index (κ3) is 2.64. The van der Waals surface area contributed by atoms with Gasteiger partial charge in [-0.05, 0) is 46.9 Å². The van der Waals surface area contributed by atoms with Crippen LogP contribution in [0.25, 0.3) is 10.4 Å². The number of benzene rings is 1. The molecule has 1 N–H and O–H groups in total. The summed E-state index contributed by atoms with van der Waals surface area (Å²) in [6.07, 6.45) is 0. The number of rotatable bonds is 1. The average molecular weight is 267 g/mol. The second kappa shape index (κ2) is 4.35. The second-order valence-electron chi connectivity index (χ2n) is 5.09. The maximum atomic E-state index is 9.90. The fraction of sp³-hybridized carbons (Fsp3) is 0.286. The number of aromatic hydroxyl groups is 1. The molecular formula is C14H15ClOS. The number of halogens is 1. The van der Waals surface area contributed by atoms with Gasteiger partial charge >= 0.3 is 0 Å². The van der Waals surface area contributed by atoms with Crippen LogP contribution in [-0.4, -0.2) is 5.11 Å². The number of phenolic OH excluding ortho intramolecular Hbond substituents is 1. The normalized spacial score (nSPS) is 11.8. The van der Waals surface area contributed by atoms with Crippen molar-refractivity contribution in [1.29, 1.82) is 0 Å². The van der Waals surface area contributed by atoms with E-state index in [4.69, 9.17) is 11.6 Å². The van der Waals surface area contributed by atoms with Crippen molar-refractivity contribution in [3.63, 3.8) is 0 Å². The van der Waals surface area contributed by atoms with Gasteiger partial charge in [-0.3, -0.25) is 0 Å². The van der Waals surface area contributed by atoms with E-state index in [0.29, 0.717) is 5.75 Å². The van der Waals surface area contributed by atoms with E-state index in [9.17, 15) is 5.11 Å². The zero-order chi connectivity index (χ0) is 12.6. The Kier molecular flexibility index (Phi) is 3.19. The van der Waals surface area contributed by atoms with Gasteiger partial charge in [-0.15, -0.1) is 11.3 Å². The summed E-state index contributed by atoms with van der Waals surface area (Å²) in [5.74, 6) is 0.351. The fourth-order valence-electron chi connectivity index (χ4n) is 1.76. The zero-order valence-electron chi connectivity index (χ0n) is 10.1. The number of thiophene rings is 1. The van der Waals surface area contributed by atoms with Crippen molar-refractivity contribution in [1.82, 2.24) is 0 Å². The van der Waals surface area contributed by atoms with Crippen molar-refractivity contribution < 1.29 is 5.11 Å². The van der Waals surface area contributed by atoms with Crippen LogP contribution in [0.1, 0.15) is 26.3 Å². The van der Waals surface area contributed by atoms with Crippen molar-refractivity contribution in [3.8, 4) is 16.2 Å². The largest absolute Gasteiger partial charge is 0.508 e. The Morgan fingerprint density at radius 2 is 1.82 bits per heavy atom. The topological polar surface area (TPSA) is 20.2 Å². The number of hydrogen-bond donors (Lipinski definition) is 1. The molecule has 0 amide bonds. The Bertz CT molecular complexity index is 537. The molecule has 0 fully saturated rings. The third-order valence-corrected chi connectivity index (χ3v) is 3.94. The first-order valence-electron chi connectivity index (χ1n) is 5.47. The summed E-state index contributed by atoms with van der Waals surface area (Å²) in [4.78, 5) is 1.13. The molecule has 2 aromatic rings. The van der Waals surface area contributed by atoms with E-state index >= 15 is 0 Å². The lowest BCUT2D eigenvalue weighted by atomic mass is 9.85. The maximum Gasteiger partial charge on any atom is 0.119 e. The molecule has 1 heterocycles. The predicted octanol–water partition coefficient (Wildman–Crippen LogP) is 5.07. The molecule has 0 bridgehead atoms. The van der Waals surface area contributed by atoms with Gasteiger partial charge in [0.1, 0.15) is 5.75 Å². The molecule has 0 aliphatic carbocycles. The lowest BCUT2D eigenvalue weighted by Crippen LogP contribution is -2.11. The first kappa shape index (κ1) is 12.5. The maximum absolute atomic E-state index is 9.90. The van der Waals surface area contributed by atoms with Gasteiger partial charge < -0.3 is 5.11 Å². The first-order valence-corrected chi connectivity index (χ1v) is 6.66.